The molecule has 0 unspecified atom stereocenters. The van der Waals surface area contributed by atoms with Crippen LogP contribution in [-0.2, 0) is 0 Å². The molecule has 2 heteroatoms. The second kappa shape index (κ2) is 4.15. The van der Waals surface area contributed by atoms with E-state index in [-0.39, 0.29) is 0 Å². The van der Waals surface area contributed by atoms with Crippen molar-refractivity contribution in [3.8, 4) is 10.6 Å². The number of aromatic nitrogens is 1. The molecule has 0 aliphatic carbocycles. The van der Waals surface area contributed by atoms with Gasteiger partial charge in [-0.15, -0.1) is 11.3 Å². The zero-order valence-electron chi connectivity index (χ0n) is 9.32. The van der Waals surface area contributed by atoms with E-state index in [9.17, 15) is 0 Å². The number of nitrogens with zero attached hydrogens (tertiary/aromatic N) is 1. The molecule has 0 atom stereocenters. The lowest BCUT2D eigenvalue weighted by atomic mass is 10.1. The highest BCUT2D eigenvalue weighted by atomic mass is 32.1. The first-order chi connectivity index (χ1) is 7.16. The third kappa shape index (κ3) is 2.26. The molecule has 0 N–H and O–H groups in total. The molecule has 0 amide bonds. The first-order valence-corrected chi connectivity index (χ1v) is 6.01. The summed E-state index contributed by atoms with van der Waals surface area (Å²) in [6.45, 7) is 6.52. The van der Waals surface area contributed by atoms with Gasteiger partial charge in [-0.2, -0.15) is 0 Å². The van der Waals surface area contributed by atoms with Crippen LogP contribution in [0.3, 0.4) is 0 Å². The maximum Gasteiger partial charge on any atom is 0.123 e. The first-order valence-electron chi connectivity index (χ1n) is 5.19. The third-order valence-electron chi connectivity index (χ3n) is 2.36. The summed E-state index contributed by atoms with van der Waals surface area (Å²) >= 11 is 1.79. The first kappa shape index (κ1) is 10.4. The van der Waals surface area contributed by atoms with E-state index in [0.717, 1.165) is 5.01 Å². The number of hydrogen-bond donors (Lipinski definition) is 0. The second-order valence-electron chi connectivity index (χ2n) is 4.09. The fraction of sp³-hybridized carbons (Fsp3) is 0.308. The zero-order valence-corrected chi connectivity index (χ0v) is 10.1. The highest BCUT2D eigenvalue weighted by Gasteiger charge is 2.06. The van der Waals surface area contributed by atoms with E-state index < -0.39 is 0 Å². The van der Waals surface area contributed by atoms with E-state index in [4.69, 9.17) is 0 Å². The molecule has 15 heavy (non-hydrogen) atoms. The Balaban J connectivity index is 2.37. The molecule has 0 radical (unpaired) electrons. The predicted molar refractivity (Wildman–Crippen MR) is 66.4 cm³/mol. The van der Waals surface area contributed by atoms with Gasteiger partial charge in [-0.1, -0.05) is 37.6 Å². The second-order valence-corrected chi connectivity index (χ2v) is 5.15. The van der Waals surface area contributed by atoms with Gasteiger partial charge in [0.2, 0.25) is 0 Å². The zero-order chi connectivity index (χ0) is 10.8. The van der Waals surface area contributed by atoms with Gasteiger partial charge in [-0.25, -0.2) is 4.98 Å². The fourth-order valence-corrected chi connectivity index (χ4v) is 2.38. The van der Waals surface area contributed by atoms with Crippen LogP contribution in [0, 0.1) is 6.92 Å². The Labute approximate surface area is 94.8 Å². The molecule has 1 nitrogen and oxygen atoms in total. The highest BCUT2D eigenvalue weighted by Crippen LogP contribution is 2.29. The van der Waals surface area contributed by atoms with Gasteiger partial charge in [0, 0.05) is 16.6 Å². The van der Waals surface area contributed by atoms with E-state index in [1.165, 1.54) is 16.0 Å². The molecule has 0 aliphatic rings. The van der Waals surface area contributed by atoms with Gasteiger partial charge < -0.3 is 0 Å². The van der Waals surface area contributed by atoms with Crippen LogP contribution in [0.25, 0.3) is 10.6 Å². The summed E-state index contributed by atoms with van der Waals surface area (Å²) in [5.41, 5.74) is 2.51. The van der Waals surface area contributed by atoms with Crippen LogP contribution < -0.4 is 0 Å². The molecule has 0 bridgehead atoms. The number of hydrogen-bond acceptors (Lipinski definition) is 2. The lowest BCUT2D eigenvalue weighted by Crippen LogP contribution is -1.77. The van der Waals surface area contributed by atoms with Gasteiger partial charge in [0.05, 0.1) is 0 Å². The van der Waals surface area contributed by atoms with Crippen molar-refractivity contribution in [1.82, 2.24) is 4.98 Å². The van der Waals surface area contributed by atoms with E-state index in [0.29, 0.717) is 5.92 Å². The number of thiazole rings is 1. The van der Waals surface area contributed by atoms with Crippen molar-refractivity contribution in [3.05, 3.63) is 40.9 Å². The smallest absolute Gasteiger partial charge is 0.123 e. The third-order valence-corrected chi connectivity index (χ3v) is 3.70. The van der Waals surface area contributed by atoms with E-state index in [2.05, 4.69) is 50.0 Å². The summed E-state index contributed by atoms with van der Waals surface area (Å²) < 4.78 is 0. The van der Waals surface area contributed by atoms with Crippen molar-refractivity contribution in [2.24, 2.45) is 0 Å². The Morgan fingerprint density at radius 1 is 1.27 bits per heavy atom. The largest absolute Gasteiger partial charge is 0.244 e. The van der Waals surface area contributed by atoms with Crippen molar-refractivity contribution in [2.75, 3.05) is 0 Å². The fourth-order valence-electron chi connectivity index (χ4n) is 1.47. The minimum absolute atomic E-state index is 0.570. The number of rotatable bonds is 2. The van der Waals surface area contributed by atoms with Gasteiger partial charge in [-0.05, 0) is 18.9 Å². The number of aryl methyl sites for hydroxylation is 1. The minimum atomic E-state index is 0.570. The molecule has 1 aromatic carbocycles. The Morgan fingerprint density at radius 2 is 2.07 bits per heavy atom. The van der Waals surface area contributed by atoms with Gasteiger partial charge >= 0.3 is 0 Å². The van der Waals surface area contributed by atoms with Crippen LogP contribution in [0.1, 0.15) is 30.2 Å². The molecule has 78 valence electrons. The predicted octanol–water partition coefficient (Wildman–Crippen LogP) is 4.24. The molecule has 0 spiro atoms. The lowest BCUT2D eigenvalue weighted by Gasteiger charge is -1.98. The maximum atomic E-state index is 4.47. The molecule has 0 saturated heterocycles. The highest BCUT2D eigenvalue weighted by molar-refractivity contribution is 7.15. The molecule has 0 aliphatic heterocycles. The summed E-state index contributed by atoms with van der Waals surface area (Å²) in [4.78, 5) is 5.82. The van der Waals surface area contributed by atoms with Crippen LogP contribution >= 0.6 is 11.3 Å². The average molecular weight is 217 g/mol. The molecule has 2 rings (SSSR count). The molecule has 0 saturated carbocycles. The molecular weight excluding hydrogens is 202 g/mol. The van der Waals surface area contributed by atoms with Gasteiger partial charge in [0.1, 0.15) is 5.01 Å². The summed E-state index contributed by atoms with van der Waals surface area (Å²) in [6, 6.07) is 8.50. The van der Waals surface area contributed by atoms with Gasteiger partial charge in [-0.3, -0.25) is 0 Å². The monoisotopic (exact) mass is 217 g/mol. The van der Waals surface area contributed by atoms with E-state index >= 15 is 0 Å². The molecule has 0 fully saturated rings. The summed E-state index contributed by atoms with van der Waals surface area (Å²) in [7, 11) is 0. The topological polar surface area (TPSA) is 12.9 Å². The molecule has 2 aromatic rings. The molecule has 1 aromatic heterocycles. The van der Waals surface area contributed by atoms with Crippen molar-refractivity contribution >= 4 is 11.3 Å². The maximum absolute atomic E-state index is 4.47. The van der Waals surface area contributed by atoms with Gasteiger partial charge in [0.25, 0.3) is 0 Å². The standard InChI is InChI=1S/C13H15NS/c1-9(2)12-8-14-13(15-12)11-6-4-5-10(3)7-11/h4-9H,1-3H3. The quantitative estimate of drug-likeness (QED) is 0.733. The van der Waals surface area contributed by atoms with Crippen molar-refractivity contribution < 1.29 is 0 Å². The van der Waals surface area contributed by atoms with Crippen molar-refractivity contribution in [3.63, 3.8) is 0 Å². The summed E-state index contributed by atoms with van der Waals surface area (Å²) in [5.74, 6) is 0.570. The molecular formula is C13H15NS. The number of benzene rings is 1. The Hall–Kier alpha value is -1.15. The van der Waals surface area contributed by atoms with Crippen molar-refractivity contribution in [2.45, 2.75) is 26.7 Å². The molecule has 1 heterocycles. The van der Waals surface area contributed by atoms with Crippen LogP contribution in [0.2, 0.25) is 0 Å². The van der Waals surface area contributed by atoms with E-state index in [1.54, 1.807) is 11.3 Å². The summed E-state index contributed by atoms with van der Waals surface area (Å²) in [6.07, 6.45) is 1.99. The van der Waals surface area contributed by atoms with Crippen LogP contribution in [0.4, 0.5) is 0 Å². The van der Waals surface area contributed by atoms with E-state index in [1.807, 2.05) is 6.20 Å². The Kier molecular flexibility index (Phi) is 2.87. The average Bonchev–Trinajstić information content (AvgIpc) is 2.66. The lowest BCUT2D eigenvalue weighted by molar-refractivity contribution is 0.885. The van der Waals surface area contributed by atoms with Gasteiger partial charge in [0.15, 0.2) is 0 Å². The van der Waals surface area contributed by atoms with Crippen LogP contribution in [-0.4, -0.2) is 4.98 Å². The normalized spacial score (nSPS) is 10.9. The van der Waals surface area contributed by atoms with Crippen molar-refractivity contribution in [1.29, 1.82) is 0 Å². The van der Waals surface area contributed by atoms with Crippen LogP contribution in [0.5, 0.6) is 0 Å². The summed E-state index contributed by atoms with van der Waals surface area (Å²) in [5, 5.41) is 1.13. The van der Waals surface area contributed by atoms with Crippen LogP contribution in [0.15, 0.2) is 30.5 Å². The Morgan fingerprint density at radius 3 is 2.67 bits per heavy atom. The minimum Gasteiger partial charge on any atom is -0.244 e. The SMILES string of the molecule is Cc1cccc(-c2ncc(C(C)C)s2)c1. The Bertz CT molecular complexity index is 457.